The van der Waals surface area contributed by atoms with E-state index in [1.165, 1.54) is 51.8 Å². The average molecular weight is 970 g/mol. The van der Waals surface area contributed by atoms with Gasteiger partial charge < -0.3 is 8.85 Å². The molecular weight excluding hydrogens is 872 g/mol. The maximum atomic E-state index is 13.7. The first-order chi connectivity index (χ1) is 26.4. The third-order valence-corrected chi connectivity index (χ3v) is 41.6. The van der Waals surface area contributed by atoms with E-state index in [1.54, 1.807) is 6.08 Å². The molecule has 340 valence electrons. The van der Waals surface area contributed by atoms with Crippen LogP contribution in [0.3, 0.4) is 0 Å². The molecule has 0 aromatic rings. The first kappa shape index (κ1) is 57.8. The molecule has 9 heteroatoms. The zero-order valence-corrected chi connectivity index (χ0v) is 48.2. The Kier molecular flexibility index (Phi) is 25.7. The molecule has 5 nitrogen and oxygen atoms in total. The fourth-order valence-corrected chi connectivity index (χ4v) is 24.6. The molecule has 0 aliphatic rings. The summed E-state index contributed by atoms with van der Waals surface area (Å²) in [6.45, 7) is 48.5. The molecule has 0 fully saturated rings. The predicted molar refractivity (Wildman–Crippen MR) is 267 cm³/mol. The molecule has 0 aromatic carbocycles. The number of ether oxygens (including phenoxy) is 1. The molecule has 5 atom stereocenters. The molecule has 0 heterocycles. The SMILES string of the molecule is CCC[CH2][Sn](/[CH]=C/C=C/C=C/C(=O)O[C@H]([C@@H](C)[C@H](C[C@@H](C)O[Si](C)(C)C(C)(C)C)O[Si](C)(C)C(C)(C)C)[C@@H](C)/C=C/CO[Si](C)(C)C(C)(C)C)([CH2]CCC)[CH2]CCC. The summed E-state index contributed by atoms with van der Waals surface area (Å²) in [5.41, 5.74) is 0. The number of carbonyl (C=O) groups excluding carboxylic acids is 1. The first-order valence-corrected chi connectivity index (χ1v) is 39.7. The second kappa shape index (κ2) is 25.8. The summed E-state index contributed by atoms with van der Waals surface area (Å²) in [6, 6.07) is 0. The molecule has 0 amide bonds. The van der Waals surface area contributed by atoms with E-state index in [2.05, 4.69) is 172 Å². The third-order valence-electron chi connectivity index (χ3n) is 13.9. The monoisotopic (exact) mass is 971 g/mol. The van der Waals surface area contributed by atoms with E-state index in [0.29, 0.717) is 6.61 Å². The maximum absolute atomic E-state index is 13.7. The van der Waals surface area contributed by atoms with Gasteiger partial charge in [0.2, 0.25) is 0 Å². The quantitative estimate of drug-likeness (QED) is 0.0270. The van der Waals surface area contributed by atoms with Crippen LogP contribution in [0.5, 0.6) is 0 Å². The molecule has 0 aliphatic carbocycles. The van der Waals surface area contributed by atoms with Gasteiger partial charge in [-0.1, -0.05) is 62.3 Å². The van der Waals surface area contributed by atoms with E-state index in [-0.39, 0.29) is 45.1 Å². The molecular formula is C49H98O5Si3Sn. The van der Waals surface area contributed by atoms with E-state index < -0.39 is 49.4 Å². The van der Waals surface area contributed by atoms with Crippen molar-refractivity contribution in [2.45, 2.75) is 235 Å². The van der Waals surface area contributed by atoms with Gasteiger partial charge in [-0.05, 0) is 61.3 Å². The topological polar surface area (TPSA) is 54.0 Å². The average Bonchev–Trinajstić information content (AvgIpc) is 3.08. The second-order valence-corrected chi connectivity index (χ2v) is 49.6. The van der Waals surface area contributed by atoms with Crippen molar-refractivity contribution in [3.05, 3.63) is 46.6 Å². The van der Waals surface area contributed by atoms with Crippen molar-refractivity contribution in [1.29, 1.82) is 0 Å². The number of carbonyl (C=O) groups is 1. The van der Waals surface area contributed by atoms with Crippen LogP contribution in [0.15, 0.2) is 46.6 Å². The van der Waals surface area contributed by atoms with Crippen LogP contribution >= 0.6 is 0 Å². The van der Waals surface area contributed by atoms with Gasteiger partial charge in [0.25, 0.3) is 0 Å². The van der Waals surface area contributed by atoms with Crippen molar-refractivity contribution in [2.75, 3.05) is 6.61 Å². The van der Waals surface area contributed by atoms with Crippen LogP contribution in [0.4, 0.5) is 0 Å². The fraction of sp³-hybridized carbons (Fsp3) is 0.816. The van der Waals surface area contributed by atoms with Gasteiger partial charge in [-0.15, -0.1) is 0 Å². The van der Waals surface area contributed by atoms with Gasteiger partial charge in [0, 0.05) is 6.10 Å². The molecule has 0 bridgehead atoms. The van der Waals surface area contributed by atoms with Crippen molar-refractivity contribution in [1.82, 2.24) is 0 Å². The number of allylic oxidation sites excluding steroid dienone is 4. The normalized spacial score (nSPS) is 17.1. The standard InChI is InChI=1S/C37H71O5Si3.3C4H9.Sn/c1-20-21-22-23-26-33(38)40-34(29(2)25-24-27-39-43(14,15)35(5,6)7)31(4)32(42-45(18,19)37(11,12)13)28-30(3)41-44(16,17)36(8,9)10;3*1-3-4-2;/h1,20-26,29-32,34H,27-28H2,2-19H3;3*1,3-4H2,2H3;/b20-1?,22-21+,25-24+,26-23+;;;;/t29-,30+,31-,32-,34-;;;;/m0..../s1. The molecule has 0 radical (unpaired) electrons. The van der Waals surface area contributed by atoms with Crippen LogP contribution in [-0.2, 0) is 22.8 Å². The molecule has 58 heavy (non-hydrogen) atoms. The van der Waals surface area contributed by atoms with E-state index >= 15 is 0 Å². The van der Waals surface area contributed by atoms with Crippen LogP contribution in [0.1, 0.15) is 149 Å². The Morgan fingerprint density at radius 2 is 1.09 bits per heavy atom. The van der Waals surface area contributed by atoms with Gasteiger partial charge in [0.05, 0.1) is 6.61 Å². The van der Waals surface area contributed by atoms with Gasteiger partial charge in [-0.25, -0.2) is 0 Å². The second-order valence-electron chi connectivity index (χ2n) is 22.2. The summed E-state index contributed by atoms with van der Waals surface area (Å²) in [5, 5.41) is 0.273. The Balaban J connectivity index is 6.70. The molecule has 0 unspecified atom stereocenters. The van der Waals surface area contributed by atoms with Crippen molar-refractivity contribution < 1.29 is 22.8 Å². The molecule has 0 saturated heterocycles. The van der Waals surface area contributed by atoms with Crippen LogP contribution in [0.2, 0.25) is 67.7 Å². The Morgan fingerprint density at radius 1 is 0.638 bits per heavy atom. The van der Waals surface area contributed by atoms with Gasteiger partial charge in [-0.2, -0.15) is 0 Å². The number of hydrogen-bond donors (Lipinski definition) is 0. The summed E-state index contributed by atoms with van der Waals surface area (Å²) in [6.07, 6.45) is 22.3. The van der Waals surface area contributed by atoms with Gasteiger partial charge >= 0.3 is 202 Å². The minimum atomic E-state index is -2.36. The van der Waals surface area contributed by atoms with Crippen molar-refractivity contribution in [2.24, 2.45) is 11.8 Å². The van der Waals surface area contributed by atoms with Crippen LogP contribution in [-0.4, -0.2) is 74.2 Å². The molecule has 0 rings (SSSR count). The summed E-state index contributed by atoms with van der Waals surface area (Å²) in [7, 11) is -6.11. The molecule has 0 spiro atoms. The van der Waals surface area contributed by atoms with E-state index in [4.69, 9.17) is 18.0 Å². The summed E-state index contributed by atoms with van der Waals surface area (Å²) in [4.78, 5) is 13.7. The Morgan fingerprint density at radius 3 is 1.53 bits per heavy atom. The van der Waals surface area contributed by atoms with Crippen LogP contribution in [0, 0.1) is 11.8 Å². The van der Waals surface area contributed by atoms with E-state index in [9.17, 15) is 4.79 Å². The number of unbranched alkanes of at least 4 members (excludes halogenated alkanes) is 3. The minimum absolute atomic E-state index is 0.00525. The predicted octanol–water partition coefficient (Wildman–Crippen LogP) is 16.0. The third kappa shape index (κ3) is 20.8. The zero-order chi connectivity index (χ0) is 45.2. The summed E-state index contributed by atoms with van der Waals surface area (Å²) >= 11 is -2.36. The van der Waals surface area contributed by atoms with Crippen LogP contribution in [0.25, 0.3) is 0 Å². The molecule has 0 aliphatic heterocycles. The zero-order valence-electron chi connectivity index (χ0n) is 42.3. The van der Waals surface area contributed by atoms with Gasteiger partial charge in [0.1, 0.15) is 0 Å². The van der Waals surface area contributed by atoms with Crippen LogP contribution < -0.4 is 0 Å². The molecule has 0 aromatic heterocycles. The van der Waals surface area contributed by atoms with E-state index in [0.717, 1.165) is 6.42 Å². The Hall–Kier alpha value is -0.241. The molecule has 0 N–H and O–H groups in total. The van der Waals surface area contributed by atoms with Gasteiger partial charge in [-0.3, -0.25) is 0 Å². The molecule has 0 saturated carbocycles. The number of hydrogen-bond acceptors (Lipinski definition) is 5. The van der Waals surface area contributed by atoms with E-state index in [1.807, 2.05) is 12.2 Å². The Labute approximate surface area is 369 Å². The number of rotatable bonds is 27. The van der Waals surface area contributed by atoms with Crippen molar-refractivity contribution in [3.8, 4) is 0 Å². The van der Waals surface area contributed by atoms with Crippen molar-refractivity contribution in [3.63, 3.8) is 0 Å². The number of esters is 1. The first-order valence-electron chi connectivity index (χ1n) is 23.3. The van der Waals surface area contributed by atoms with Gasteiger partial charge in [0.15, 0.2) is 25.0 Å². The Bertz CT molecular complexity index is 1260. The fourth-order valence-electron chi connectivity index (χ4n) is 6.65. The summed E-state index contributed by atoms with van der Waals surface area (Å²) < 4.78 is 34.2. The van der Waals surface area contributed by atoms with Crippen molar-refractivity contribution >= 4 is 49.3 Å². The summed E-state index contributed by atoms with van der Waals surface area (Å²) in [5.74, 6) is -0.445.